The van der Waals surface area contributed by atoms with Gasteiger partial charge in [0.1, 0.15) is 18.1 Å². The summed E-state index contributed by atoms with van der Waals surface area (Å²) >= 11 is 0. The molecule has 7 heteroatoms. The maximum Gasteiger partial charge on any atom is 0.251 e. The highest BCUT2D eigenvalue weighted by Gasteiger charge is 2.27. The number of hydrogen-bond donors (Lipinski definition) is 2. The summed E-state index contributed by atoms with van der Waals surface area (Å²) in [6.07, 6.45) is 0.981. The fourth-order valence-electron chi connectivity index (χ4n) is 3.69. The summed E-state index contributed by atoms with van der Waals surface area (Å²) in [6, 6.07) is 14.7. The lowest BCUT2D eigenvalue weighted by molar-refractivity contribution is 0.0798. The summed E-state index contributed by atoms with van der Waals surface area (Å²) in [5.74, 6) is 1.32. The molecule has 1 heterocycles. The van der Waals surface area contributed by atoms with Crippen molar-refractivity contribution in [3.63, 3.8) is 0 Å². The van der Waals surface area contributed by atoms with Gasteiger partial charge in [-0.25, -0.2) is 0 Å². The van der Waals surface area contributed by atoms with Crippen LogP contribution in [0.5, 0.6) is 11.5 Å². The molecule has 1 aliphatic rings. The van der Waals surface area contributed by atoms with Crippen LogP contribution in [0.1, 0.15) is 28.8 Å². The molecule has 1 amide bonds. The zero-order valence-corrected chi connectivity index (χ0v) is 18.3. The van der Waals surface area contributed by atoms with Crippen LogP contribution < -0.4 is 14.8 Å². The lowest BCUT2D eigenvalue weighted by atomic mass is 10.1. The second-order valence-corrected chi connectivity index (χ2v) is 7.74. The first-order valence-electron chi connectivity index (χ1n) is 10.6. The number of carbonyl (C=O) groups excluding carboxylic acids is 1. The number of hydrogen-bond acceptors (Lipinski definition) is 6. The van der Waals surface area contributed by atoms with Gasteiger partial charge in [-0.1, -0.05) is 12.1 Å². The van der Waals surface area contributed by atoms with Gasteiger partial charge in [-0.3, -0.25) is 9.69 Å². The molecular weight excluding hydrogens is 396 g/mol. The number of nitrogens with one attached hydrogen (secondary N) is 1. The Morgan fingerprint density at radius 2 is 1.77 bits per heavy atom. The number of amides is 1. The van der Waals surface area contributed by atoms with E-state index in [1.165, 1.54) is 5.56 Å². The molecule has 0 bridgehead atoms. The highest BCUT2D eigenvalue weighted by atomic mass is 16.5. The minimum absolute atomic E-state index is 0.196. The largest absolute Gasteiger partial charge is 0.497 e. The van der Waals surface area contributed by atoms with E-state index in [0.717, 1.165) is 25.3 Å². The first kappa shape index (κ1) is 23.1. The number of aliphatic hydroxyl groups excluding tert-OH is 1. The number of benzene rings is 2. The van der Waals surface area contributed by atoms with Crippen molar-refractivity contribution in [3.8, 4) is 11.5 Å². The number of methoxy groups -OCH3 is 2. The van der Waals surface area contributed by atoms with E-state index in [4.69, 9.17) is 14.2 Å². The minimum Gasteiger partial charge on any atom is -0.497 e. The monoisotopic (exact) mass is 428 g/mol. The van der Waals surface area contributed by atoms with Crippen molar-refractivity contribution in [2.45, 2.75) is 31.5 Å². The normalized spacial score (nSPS) is 19.5. The molecule has 2 N–H and O–H groups in total. The van der Waals surface area contributed by atoms with Crippen molar-refractivity contribution >= 4 is 5.91 Å². The van der Waals surface area contributed by atoms with Gasteiger partial charge in [0.2, 0.25) is 0 Å². The molecule has 2 atom stereocenters. The maximum atomic E-state index is 12.8. The van der Waals surface area contributed by atoms with Crippen LogP contribution >= 0.6 is 0 Å². The molecule has 1 fully saturated rings. The van der Waals surface area contributed by atoms with E-state index in [-0.39, 0.29) is 11.9 Å². The molecule has 31 heavy (non-hydrogen) atoms. The molecule has 2 unspecified atom stereocenters. The van der Waals surface area contributed by atoms with E-state index in [9.17, 15) is 9.90 Å². The molecule has 1 saturated heterocycles. The van der Waals surface area contributed by atoms with Gasteiger partial charge in [0.05, 0.1) is 25.9 Å². The van der Waals surface area contributed by atoms with Crippen LogP contribution in [0.25, 0.3) is 0 Å². The Morgan fingerprint density at radius 3 is 2.45 bits per heavy atom. The number of likely N-dealkylation sites (tertiary alicyclic amines) is 1. The summed E-state index contributed by atoms with van der Waals surface area (Å²) in [4.78, 5) is 15.0. The van der Waals surface area contributed by atoms with Crippen molar-refractivity contribution < 1.29 is 24.1 Å². The fourth-order valence-corrected chi connectivity index (χ4v) is 3.69. The molecule has 1 aliphatic heterocycles. The van der Waals surface area contributed by atoms with Crippen LogP contribution in [0.15, 0.2) is 48.5 Å². The molecule has 0 spiro atoms. The summed E-state index contributed by atoms with van der Waals surface area (Å²) < 4.78 is 15.7. The molecule has 7 nitrogen and oxygen atoms in total. The van der Waals surface area contributed by atoms with Crippen LogP contribution in [0.2, 0.25) is 0 Å². The van der Waals surface area contributed by atoms with E-state index < -0.39 is 6.10 Å². The van der Waals surface area contributed by atoms with E-state index in [1.807, 2.05) is 24.3 Å². The van der Waals surface area contributed by atoms with E-state index in [1.54, 1.807) is 38.5 Å². The van der Waals surface area contributed by atoms with Crippen molar-refractivity contribution in [1.29, 1.82) is 0 Å². The Labute approximate surface area is 183 Å². The molecule has 0 aromatic heterocycles. The van der Waals surface area contributed by atoms with Gasteiger partial charge < -0.3 is 24.6 Å². The van der Waals surface area contributed by atoms with E-state index >= 15 is 0 Å². The van der Waals surface area contributed by atoms with Crippen LogP contribution in [-0.2, 0) is 11.3 Å². The predicted molar refractivity (Wildman–Crippen MR) is 119 cm³/mol. The number of carbonyl (C=O) groups is 1. The van der Waals surface area contributed by atoms with Crippen LogP contribution in [0.4, 0.5) is 0 Å². The second kappa shape index (κ2) is 11.7. The van der Waals surface area contributed by atoms with E-state index in [2.05, 4.69) is 10.2 Å². The molecule has 0 radical (unpaired) electrons. The fraction of sp³-hybridized carbons (Fsp3) is 0.458. The van der Waals surface area contributed by atoms with Gasteiger partial charge in [0.15, 0.2) is 0 Å². The van der Waals surface area contributed by atoms with Crippen molar-refractivity contribution in [2.24, 2.45) is 0 Å². The molecule has 2 aromatic carbocycles. The molecule has 2 aromatic rings. The third-order valence-electron chi connectivity index (χ3n) is 5.45. The predicted octanol–water partition coefficient (Wildman–Crippen LogP) is 2.48. The first-order valence-corrected chi connectivity index (χ1v) is 10.6. The minimum atomic E-state index is -0.568. The standard InChI is InChI=1S/C24H32N2O5/c1-29-14-15-31-21-11-7-19(8-12-21)24(28)25-22-17-26(13-3-4-23(22)27)16-18-5-9-20(30-2)10-6-18/h5-12,22-23,27H,3-4,13-17H2,1-2H3,(H,25,28). The van der Waals surface area contributed by atoms with Crippen molar-refractivity contribution in [1.82, 2.24) is 10.2 Å². The Balaban J connectivity index is 1.58. The molecule has 0 saturated carbocycles. The second-order valence-electron chi connectivity index (χ2n) is 7.74. The summed E-state index contributed by atoms with van der Waals surface area (Å²) in [5.41, 5.74) is 1.71. The quantitative estimate of drug-likeness (QED) is 0.598. The maximum absolute atomic E-state index is 12.8. The zero-order chi connectivity index (χ0) is 22.1. The van der Waals surface area contributed by atoms with Gasteiger partial charge in [0, 0.05) is 25.8 Å². The third-order valence-corrected chi connectivity index (χ3v) is 5.45. The van der Waals surface area contributed by atoms with Crippen molar-refractivity contribution in [2.75, 3.05) is 40.5 Å². The summed E-state index contributed by atoms with van der Waals surface area (Å²) in [7, 11) is 3.28. The lowest BCUT2D eigenvalue weighted by Crippen LogP contribution is -2.48. The number of aliphatic hydroxyl groups is 1. The SMILES string of the molecule is COCCOc1ccc(C(=O)NC2CN(Cc3ccc(OC)cc3)CCCC2O)cc1. The Hall–Kier alpha value is -2.61. The Bertz CT molecular complexity index is 810. The van der Waals surface area contributed by atoms with Crippen molar-refractivity contribution in [3.05, 3.63) is 59.7 Å². The highest BCUT2D eigenvalue weighted by molar-refractivity contribution is 5.94. The average Bonchev–Trinajstić information content (AvgIpc) is 2.96. The van der Waals surface area contributed by atoms with Crippen LogP contribution in [0.3, 0.4) is 0 Å². The molecule has 3 rings (SSSR count). The van der Waals surface area contributed by atoms with Crippen LogP contribution in [0, 0.1) is 0 Å². The Kier molecular flexibility index (Phi) is 8.70. The topological polar surface area (TPSA) is 80.3 Å². The van der Waals surface area contributed by atoms with Gasteiger partial charge in [0.25, 0.3) is 5.91 Å². The van der Waals surface area contributed by atoms with Gasteiger partial charge in [-0.05, 0) is 61.3 Å². The smallest absolute Gasteiger partial charge is 0.251 e. The molecular formula is C24H32N2O5. The first-order chi connectivity index (χ1) is 15.1. The molecule has 168 valence electrons. The number of nitrogens with zero attached hydrogens (tertiary/aromatic N) is 1. The summed E-state index contributed by atoms with van der Waals surface area (Å²) in [5, 5.41) is 13.6. The van der Waals surface area contributed by atoms with Gasteiger partial charge in [-0.15, -0.1) is 0 Å². The highest BCUT2D eigenvalue weighted by Crippen LogP contribution is 2.18. The summed E-state index contributed by atoms with van der Waals surface area (Å²) in [6.45, 7) is 3.20. The van der Waals surface area contributed by atoms with Gasteiger partial charge in [-0.2, -0.15) is 0 Å². The van der Waals surface area contributed by atoms with Gasteiger partial charge >= 0.3 is 0 Å². The zero-order valence-electron chi connectivity index (χ0n) is 18.3. The average molecular weight is 429 g/mol. The number of rotatable bonds is 9. The Morgan fingerprint density at radius 1 is 1.06 bits per heavy atom. The lowest BCUT2D eigenvalue weighted by Gasteiger charge is -2.27. The number of ether oxygens (including phenoxy) is 3. The van der Waals surface area contributed by atoms with E-state index in [0.29, 0.717) is 37.5 Å². The van der Waals surface area contributed by atoms with Crippen LogP contribution in [-0.4, -0.2) is 68.6 Å². The molecule has 0 aliphatic carbocycles. The third kappa shape index (κ3) is 6.95.